The monoisotopic (exact) mass is 217 g/mol. The third-order valence-electron chi connectivity index (χ3n) is 2.90. The van der Waals surface area contributed by atoms with Crippen molar-refractivity contribution in [1.82, 2.24) is 15.3 Å². The van der Waals surface area contributed by atoms with Crippen molar-refractivity contribution in [1.29, 1.82) is 0 Å². The van der Waals surface area contributed by atoms with Gasteiger partial charge in [-0.1, -0.05) is 12.1 Å². The van der Waals surface area contributed by atoms with Gasteiger partial charge in [-0.15, -0.1) is 0 Å². The highest BCUT2D eigenvalue weighted by atomic mass is 16.5. The normalized spacial score (nSPS) is 21.1. The zero-order valence-corrected chi connectivity index (χ0v) is 9.07. The summed E-state index contributed by atoms with van der Waals surface area (Å²) in [5.41, 5.74) is 1.99. The van der Waals surface area contributed by atoms with E-state index >= 15 is 0 Å². The summed E-state index contributed by atoms with van der Waals surface area (Å²) >= 11 is 0. The molecule has 3 rings (SSSR count). The van der Waals surface area contributed by atoms with E-state index in [2.05, 4.69) is 15.3 Å². The number of piperidine rings is 1. The first-order valence-electron chi connectivity index (χ1n) is 5.74. The molecule has 0 bridgehead atoms. The summed E-state index contributed by atoms with van der Waals surface area (Å²) < 4.78 is 5.81. The Labute approximate surface area is 94.0 Å². The van der Waals surface area contributed by atoms with Crippen LogP contribution in [0, 0.1) is 0 Å². The van der Waals surface area contributed by atoms with Crippen molar-refractivity contribution in [2.75, 3.05) is 13.1 Å². The minimum Gasteiger partial charge on any atom is -0.460 e. The van der Waals surface area contributed by atoms with Crippen LogP contribution in [0.2, 0.25) is 0 Å². The minimum absolute atomic E-state index is 0.245. The standard InChI is InChI=1S/C12H15N3O/c1-2-6-11-10(5-1)14-12(15-11)16-9-4-3-7-13-8-9/h1-2,5-6,9,13H,3-4,7-8H2,(H,14,15). The molecule has 2 N–H and O–H groups in total. The van der Waals surface area contributed by atoms with Crippen molar-refractivity contribution >= 4 is 11.0 Å². The smallest absolute Gasteiger partial charge is 0.294 e. The summed E-state index contributed by atoms with van der Waals surface area (Å²) in [7, 11) is 0. The topological polar surface area (TPSA) is 49.9 Å². The van der Waals surface area contributed by atoms with E-state index in [-0.39, 0.29) is 6.10 Å². The Morgan fingerprint density at radius 2 is 2.25 bits per heavy atom. The first kappa shape index (κ1) is 9.66. The van der Waals surface area contributed by atoms with Crippen LogP contribution in [0.5, 0.6) is 6.01 Å². The second kappa shape index (κ2) is 4.14. The van der Waals surface area contributed by atoms with Gasteiger partial charge in [-0.2, -0.15) is 4.98 Å². The van der Waals surface area contributed by atoms with Crippen LogP contribution in [-0.4, -0.2) is 29.2 Å². The molecule has 1 saturated heterocycles. The molecule has 16 heavy (non-hydrogen) atoms. The number of rotatable bonds is 2. The number of aromatic nitrogens is 2. The van der Waals surface area contributed by atoms with Crippen LogP contribution >= 0.6 is 0 Å². The largest absolute Gasteiger partial charge is 0.460 e. The Bertz CT molecular complexity index is 441. The van der Waals surface area contributed by atoms with Crippen molar-refractivity contribution in [3.05, 3.63) is 24.3 Å². The van der Waals surface area contributed by atoms with E-state index in [0.29, 0.717) is 6.01 Å². The van der Waals surface area contributed by atoms with Gasteiger partial charge in [-0.25, -0.2) is 0 Å². The molecular formula is C12H15N3O. The zero-order chi connectivity index (χ0) is 10.8. The number of para-hydroxylation sites is 2. The van der Waals surface area contributed by atoms with Crippen LogP contribution in [-0.2, 0) is 0 Å². The molecule has 1 aliphatic rings. The number of H-pyrrole nitrogens is 1. The van der Waals surface area contributed by atoms with Crippen LogP contribution in [0.15, 0.2) is 24.3 Å². The van der Waals surface area contributed by atoms with Crippen LogP contribution in [0.25, 0.3) is 11.0 Å². The summed E-state index contributed by atoms with van der Waals surface area (Å²) in [6.45, 7) is 2.01. The molecule has 1 atom stereocenters. The molecule has 1 aliphatic heterocycles. The first-order valence-corrected chi connectivity index (χ1v) is 5.74. The van der Waals surface area contributed by atoms with Crippen LogP contribution < -0.4 is 10.1 Å². The lowest BCUT2D eigenvalue weighted by Crippen LogP contribution is -2.37. The molecule has 0 amide bonds. The van der Waals surface area contributed by atoms with Crippen molar-refractivity contribution in [2.24, 2.45) is 0 Å². The molecule has 4 heteroatoms. The van der Waals surface area contributed by atoms with Gasteiger partial charge >= 0.3 is 0 Å². The fraction of sp³-hybridized carbons (Fsp3) is 0.417. The molecule has 0 aliphatic carbocycles. The van der Waals surface area contributed by atoms with Gasteiger partial charge in [-0.3, -0.25) is 0 Å². The van der Waals surface area contributed by atoms with E-state index in [1.165, 1.54) is 6.42 Å². The molecule has 0 radical (unpaired) electrons. The summed E-state index contributed by atoms with van der Waals surface area (Å²) in [5, 5.41) is 3.32. The number of imidazole rings is 1. The Morgan fingerprint density at radius 1 is 1.31 bits per heavy atom. The average molecular weight is 217 g/mol. The van der Waals surface area contributed by atoms with E-state index in [9.17, 15) is 0 Å². The lowest BCUT2D eigenvalue weighted by atomic mass is 10.1. The van der Waals surface area contributed by atoms with Gasteiger partial charge < -0.3 is 15.0 Å². The van der Waals surface area contributed by atoms with Crippen molar-refractivity contribution in [2.45, 2.75) is 18.9 Å². The molecular weight excluding hydrogens is 202 g/mol. The number of nitrogens with zero attached hydrogens (tertiary/aromatic N) is 1. The Hall–Kier alpha value is -1.55. The molecule has 2 aromatic rings. The van der Waals surface area contributed by atoms with E-state index in [1.807, 2.05) is 24.3 Å². The Kier molecular flexibility index (Phi) is 2.50. The molecule has 2 heterocycles. The molecule has 1 aromatic heterocycles. The van der Waals surface area contributed by atoms with Crippen molar-refractivity contribution < 1.29 is 4.74 Å². The van der Waals surface area contributed by atoms with Gasteiger partial charge in [0.15, 0.2) is 0 Å². The van der Waals surface area contributed by atoms with Gasteiger partial charge in [-0.05, 0) is 31.5 Å². The Balaban J connectivity index is 1.78. The second-order valence-electron chi connectivity index (χ2n) is 4.15. The second-order valence-corrected chi connectivity index (χ2v) is 4.15. The molecule has 1 unspecified atom stereocenters. The fourth-order valence-electron chi connectivity index (χ4n) is 2.06. The number of ether oxygens (including phenoxy) is 1. The van der Waals surface area contributed by atoms with E-state index in [1.54, 1.807) is 0 Å². The lowest BCUT2D eigenvalue weighted by molar-refractivity contribution is 0.155. The van der Waals surface area contributed by atoms with E-state index in [0.717, 1.165) is 30.5 Å². The SMILES string of the molecule is c1ccc2[nH]c(OC3CCCNC3)nc2c1. The maximum Gasteiger partial charge on any atom is 0.294 e. The number of nitrogens with one attached hydrogen (secondary N) is 2. The molecule has 1 aromatic carbocycles. The van der Waals surface area contributed by atoms with Crippen LogP contribution in [0.1, 0.15) is 12.8 Å². The van der Waals surface area contributed by atoms with E-state index < -0.39 is 0 Å². The summed E-state index contributed by atoms with van der Waals surface area (Å²) in [6, 6.07) is 8.60. The van der Waals surface area contributed by atoms with Crippen LogP contribution in [0.4, 0.5) is 0 Å². The summed E-state index contributed by atoms with van der Waals surface area (Å²) in [4.78, 5) is 7.58. The third kappa shape index (κ3) is 1.88. The third-order valence-corrected chi connectivity index (χ3v) is 2.90. The zero-order valence-electron chi connectivity index (χ0n) is 9.07. The Morgan fingerprint density at radius 3 is 3.06 bits per heavy atom. The number of hydrogen-bond donors (Lipinski definition) is 2. The number of benzene rings is 1. The highest BCUT2D eigenvalue weighted by molar-refractivity contribution is 5.75. The molecule has 0 saturated carbocycles. The van der Waals surface area contributed by atoms with Crippen molar-refractivity contribution in [3.63, 3.8) is 0 Å². The van der Waals surface area contributed by atoms with Gasteiger partial charge in [0.25, 0.3) is 6.01 Å². The highest BCUT2D eigenvalue weighted by Gasteiger charge is 2.15. The molecule has 84 valence electrons. The predicted molar refractivity (Wildman–Crippen MR) is 62.6 cm³/mol. The fourth-order valence-corrected chi connectivity index (χ4v) is 2.06. The number of aromatic amines is 1. The van der Waals surface area contributed by atoms with E-state index in [4.69, 9.17) is 4.74 Å². The lowest BCUT2D eigenvalue weighted by Gasteiger charge is -2.22. The van der Waals surface area contributed by atoms with Gasteiger partial charge in [0, 0.05) is 6.54 Å². The van der Waals surface area contributed by atoms with Gasteiger partial charge in [0.2, 0.25) is 0 Å². The minimum atomic E-state index is 0.245. The maximum absolute atomic E-state index is 5.81. The molecule has 1 fully saturated rings. The molecule has 4 nitrogen and oxygen atoms in total. The quantitative estimate of drug-likeness (QED) is 0.805. The van der Waals surface area contributed by atoms with Crippen molar-refractivity contribution in [3.8, 4) is 6.01 Å². The summed E-state index contributed by atoms with van der Waals surface area (Å²) in [6.07, 6.45) is 2.52. The number of fused-ring (bicyclic) bond motifs is 1. The first-order chi connectivity index (χ1) is 7.92. The maximum atomic E-state index is 5.81. The summed E-state index contributed by atoms with van der Waals surface area (Å²) in [5.74, 6) is 0. The average Bonchev–Trinajstić information content (AvgIpc) is 2.72. The van der Waals surface area contributed by atoms with Gasteiger partial charge in [0.05, 0.1) is 11.0 Å². The predicted octanol–water partition coefficient (Wildman–Crippen LogP) is 1.69. The number of hydrogen-bond acceptors (Lipinski definition) is 3. The highest BCUT2D eigenvalue weighted by Crippen LogP contribution is 2.17. The molecule has 0 spiro atoms. The van der Waals surface area contributed by atoms with Crippen LogP contribution in [0.3, 0.4) is 0 Å². The van der Waals surface area contributed by atoms with Gasteiger partial charge in [0.1, 0.15) is 6.10 Å².